The summed E-state index contributed by atoms with van der Waals surface area (Å²) < 4.78 is 18.7. The predicted molar refractivity (Wildman–Crippen MR) is 116 cm³/mol. The van der Waals surface area contributed by atoms with Crippen LogP contribution in [0.4, 0.5) is 4.39 Å². The van der Waals surface area contributed by atoms with E-state index < -0.39 is 23.5 Å². The summed E-state index contributed by atoms with van der Waals surface area (Å²) in [6.45, 7) is 6.27. The first-order valence-electron chi connectivity index (χ1n) is 10.4. The molecule has 1 aromatic heterocycles. The Bertz CT molecular complexity index is 995. The average molecular weight is 445 g/mol. The van der Waals surface area contributed by atoms with E-state index in [0.29, 0.717) is 31.7 Å². The number of amides is 1. The van der Waals surface area contributed by atoms with Crippen molar-refractivity contribution in [3.8, 4) is 0 Å². The maximum atomic E-state index is 13.3. The number of benzene rings is 1. The molecule has 2 aromatic rings. The first-order chi connectivity index (χ1) is 15.0. The second kappa shape index (κ2) is 9.30. The van der Waals surface area contributed by atoms with Crippen LogP contribution in [0.5, 0.6) is 0 Å². The number of Topliss-reactive ketones (excluding diaryl/α,β-unsaturated/α-hetero) is 1. The Labute approximate surface area is 184 Å². The van der Waals surface area contributed by atoms with Gasteiger partial charge in [0.15, 0.2) is 0 Å². The number of thiophene rings is 1. The van der Waals surface area contributed by atoms with Gasteiger partial charge in [-0.3, -0.25) is 14.5 Å². The van der Waals surface area contributed by atoms with Gasteiger partial charge in [0.2, 0.25) is 0 Å². The van der Waals surface area contributed by atoms with Crippen molar-refractivity contribution in [2.75, 3.05) is 39.4 Å². The van der Waals surface area contributed by atoms with Gasteiger partial charge in [0.1, 0.15) is 11.6 Å². The number of carbonyl (C=O) groups is 2. The van der Waals surface area contributed by atoms with Gasteiger partial charge >= 0.3 is 0 Å². The number of nitrogens with zero attached hydrogens (tertiary/aromatic N) is 2. The molecule has 1 atom stereocenters. The standard InChI is InChI=1S/C23H25FN2O4S/c1-15-7-14-31-22(15)19-18(20(27)16-3-5-17(24)6-4-16)21(28)23(29)26(19)9-2-8-25-10-12-30-13-11-25/h3-7,14,19,27H,2,8-13H2,1H3/b20-18+. The molecular formula is C23H25FN2O4S. The minimum absolute atomic E-state index is 0.0635. The molecule has 1 unspecified atom stereocenters. The summed E-state index contributed by atoms with van der Waals surface area (Å²) in [7, 11) is 0. The predicted octanol–water partition coefficient (Wildman–Crippen LogP) is 3.34. The van der Waals surface area contributed by atoms with Crippen LogP contribution in [-0.4, -0.2) is 66.0 Å². The fraction of sp³-hybridized carbons (Fsp3) is 0.391. The molecule has 6 nitrogen and oxygen atoms in total. The number of aliphatic hydroxyl groups excluding tert-OH is 1. The molecule has 3 heterocycles. The summed E-state index contributed by atoms with van der Waals surface area (Å²) in [5, 5.41) is 12.9. The van der Waals surface area contributed by atoms with Gasteiger partial charge in [0.25, 0.3) is 11.7 Å². The number of rotatable bonds is 6. The SMILES string of the molecule is Cc1ccsc1C1/C(=C(\O)c2ccc(F)cc2)C(=O)C(=O)N1CCCN1CCOCC1. The Hall–Kier alpha value is -2.55. The molecule has 0 radical (unpaired) electrons. The number of aliphatic hydroxyl groups is 1. The van der Waals surface area contributed by atoms with Gasteiger partial charge in [-0.25, -0.2) is 4.39 Å². The summed E-state index contributed by atoms with van der Waals surface area (Å²) in [4.78, 5) is 30.6. The lowest BCUT2D eigenvalue weighted by atomic mass is 9.98. The zero-order valence-corrected chi connectivity index (χ0v) is 18.2. The number of morpholine rings is 1. The van der Waals surface area contributed by atoms with E-state index in [0.717, 1.165) is 30.1 Å². The van der Waals surface area contributed by atoms with E-state index in [1.54, 1.807) is 4.90 Å². The van der Waals surface area contributed by atoms with Crippen LogP contribution in [0.15, 0.2) is 41.3 Å². The van der Waals surface area contributed by atoms with Crippen LogP contribution in [0.1, 0.15) is 28.5 Å². The van der Waals surface area contributed by atoms with Crippen LogP contribution in [0.3, 0.4) is 0 Å². The molecular weight excluding hydrogens is 419 g/mol. The molecule has 4 rings (SSSR count). The molecule has 0 aliphatic carbocycles. The number of ketones is 1. The molecule has 0 bridgehead atoms. The van der Waals surface area contributed by atoms with E-state index in [4.69, 9.17) is 4.74 Å². The van der Waals surface area contributed by atoms with Crippen LogP contribution in [0, 0.1) is 12.7 Å². The highest BCUT2D eigenvalue weighted by molar-refractivity contribution is 7.10. The van der Waals surface area contributed by atoms with Crippen LogP contribution in [0.25, 0.3) is 5.76 Å². The maximum absolute atomic E-state index is 13.3. The summed E-state index contributed by atoms with van der Waals surface area (Å²) in [6, 6.07) is 6.56. The zero-order valence-electron chi connectivity index (χ0n) is 17.3. The van der Waals surface area contributed by atoms with Crippen molar-refractivity contribution in [3.63, 3.8) is 0 Å². The number of halogens is 1. The Morgan fingerprint density at radius 1 is 1.16 bits per heavy atom. The molecule has 2 saturated heterocycles. The van der Waals surface area contributed by atoms with Crippen LogP contribution in [0.2, 0.25) is 0 Å². The molecule has 8 heteroatoms. The Kier molecular flexibility index (Phi) is 6.50. The van der Waals surface area contributed by atoms with Crippen molar-refractivity contribution in [3.05, 3.63) is 63.1 Å². The van der Waals surface area contributed by atoms with E-state index in [-0.39, 0.29) is 11.3 Å². The smallest absolute Gasteiger partial charge is 0.295 e. The summed E-state index contributed by atoms with van der Waals surface area (Å²) in [5.41, 5.74) is 1.33. The second-order valence-corrected chi connectivity index (χ2v) is 8.72. The quantitative estimate of drug-likeness (QED) is 0.420. The van der Waals surface area contributed by atoms with Gasteiger partial charge in [0.05, 0.1) is 24.8 Å². The number of aryl methyl sites for hydroxylation is 1. The summed E-state index contributed by atoms with van der Waals surface area (Å²) in [6.07, 6.45) is 0.713. The Balaban J connectivity index is 1.65. The minimum Gasteiger partial charge on any atom is -0.507 e. The van der Waals surface area contributed by atoms with Crippen LogP contribution < -0.4 is 0 Å². The van der Waals surface area contributed by atoms with E-state index in [2.05, 4.69) is 4.90 Å². The van der Waals surface area contributed by atoms with Gasteiger partial charge in [-0.2, -0.15) is 0 Å². The fourth-order valence-corrected chi connectivity index (χ4v) is 5.15. The monoisotopic (exact) mass is 444 g/mol. The lowest BCUT2D eigenvalue weighted by molar-refractivity contribution is -0.140. The Morgan fingerprint density at radius 2 is 1.87 bits per heavy atom. The van der Waals surface area contributed by atoms with Gasteiger partial charge in [-0.15, -0.1) is 11.3 Å². The molecule has 0 saturated carbocycles. The third-order valence-corrected chi connectivity index (χ3v) is 6.86. The lowest BCUT2D eigenvalue weighted by Crippen LogP contribution is -2.38. The number of carbonyl (C=O) groups excluding carboxylic acids is 2. The van der Waals surface area contributed by atoms with Crippen molar-refractivity contribution < 1.29 is 23.8 Å². The number of hydrogen-bond donors (Lipinski definition) is 1. The number of ether oxygens (including phenoxy) is 1. The fourth-order valence-electron chi connectivity index (χ4n) is 4.10. The van der Waals surface area contributed by atoms with E-state index in [1.165, 1.54) is 35.6 Å². The van der Waals surface area contributed by atoms with Crippen molar-refractivity contribution in [2.45, 2.75) is 19.4 Å². The topological polar surface area (TPSA) is 70.1 Å². The van der Waals surface area contributed by atoms with E-state index in [1.807, 2.05) is 18.4 Å². The van der Waals surface area contributed by atoms with Crippen molar-refractivity contribution in [1.82, 2.24) is 9.80 Å². The number of likely N-dealkylation sites (tertiary alicyclic amines) is 1. The lowest BCUT2D eigenvalue weighted by Gasteiger charge is -2.29. The first-order valence-corrected chi connectivity index (χ1v) is 11.2. The molecule has 1 aromatic carbocycles. The molecule has 1 amide bonds. The van der Waals surface area contributed by atoms with Crippen LogP contribution >= 0.6 is 11.3 Å². The van der Waals surface area contributed by atoms with Crippen LogP contribution in [-0.2, 0) is 14.3 Å². The van der Waals surface area contributed by atoms with Gasteiger partial charge in [-0.05, 0) is 54.6 Å². The van der Waals surface area contributed by atoms with Crippen molar-refractivity contribution in [1.29, 1.82) is 0 Å². The second-order valence-electron chi connectivity index (χ2n) is 7.77. The highest BCUT2D eigenvalue weighted by atomic mass is 32.1. The summed E-state index contributed by atoms with van der Waals surface area (Å²) in [5.74, 6) is -2.02. The highest BCUT2D eigenvalue weighted by Crippen LogP contribution is 2.42. The number of hydrogen-bond acceptors (Lipinski definition) is 6. The molecule has 2 aliphatic rings. The third-order valence-electron chi connectivity index (χ3n) is 5.78. The zero-order chi connectivity index (χ0) is 22.0. The first kappa shape index (κ1) is 21.7. The van der Waals surface area contributed by atoms with Gasteiger partial charge in [0, 0.05) is 36.6 Å². The van der Waals surface area contributed by atoms with E-state index >= 15 is 0 Å². The molecule has 0 spiro atoms. The van der Waals surface area contributed by atoms with Gasteiger partial charge < -0.3 is 14.7 Å². The average Bonchev–Trinajstić information content (AvgIpc) is 3.30. The molecule has 31 heavy (non-hydrogen) atoms. The third kappa shape index (κ3) is 4.42. The molecule has 1 N–H and O–H groups in total. The van der Waals surface area contributed by atoms with Gasteiger partial charge in [-0.1, -0.05) is 0 Å². The minimum atomic E-state index is -0.703. The molecule has 2 fully saturated rings. The van der Waals surface area contributed by atoms with E-state index in [9.17, 15) is 19.1 Å². The van der Waals surface area contributed by atoms with Crippen molar-refractivity contribution in [2.24, 2.45) is 0 Å². The molecule has 2 aliphatic heterocycles. The summed E-state index contributed by atoms with van der Waals surface area (Å²) >= 11 is 1.46. The Morgan fingerprint density at radius 3 is 2.52 bits per heavy atom. The maximum Gasteiger partial charge on any atom is 0.295 e. The normalized spacial score (nSPS) is 21.7. The highest BCUT2D eigenvalue weighted by Gasteiger charge is 2.46. The largest absolute Gasteiger partial charge is 0.507 e. The van der Waals surface area contributed by atoms with Crippen molar-refractivity contribution >= 4 is 28.8 Å². The molecule has 164 valence electrons.